The summed E-state index contributed by atoms with van der Waals surface area (Å²) >= 11 is 6.07. The van der Waals surface area contributed by atoms with Crippen LogP contribution in [0, 0.1) is 17.2 Å². The Balaban J connectivity index is 5.51. The van der Waals surface area contributed by atoms with Crippen molar-refractivity contribution in [2.75, 3.05) is 20.1 Å². The van der Waals surface area contributed by atoms with Crippen LogP contribution in [0.3, 0.4) is 0 Å². The average molecular weight is 389 g/mol. The van der Waals surface area contributed by atoms with Crippen molar-refractivity contribution in [2.24, 2.45) is 15.9 Å². The fraction of sp³-hybridized carbons (Fsp3) is 0.429. The van der Waals surface area contributed by atoms with E-state index in [1.54, 1.807) is 32.3 Å². The minimum atomic E-state index is -0.128. The van der Waals surface area contributed by atoms with Crippen LogP contribution in [-0.4, -0.2) is 38.0 Å². The van der Waals surface area contributed by atoms with Gasteiger partial charge in [-0.3, -0.25) is 14.8 Å². The summed E-state index contributed by atoms with van der Waals surface area (Å²) in [5.41, 5.74) is 2.27. The molecule has 0 aliphatic heterocycles. The summed E-state index contributed by atoms with van der Waals surface area (Å²) in [7, 11) is 1.67. The molecule has 0 heterocycles. The Labute approximate surface area is 167 Å². The van der Waals surface area contributed by atoms with E-state index in [1.165, 1.54) is 0 Å². The molecule has 0 aromatic carbocycles. The van der Waals surface area contributed by atoms with Gasteiger partial charge in [0.25, 0.3) is 0 Å². The van der Waals surface area contributed by atoms with Crippen molar-refractivity contribution in [3.63, 3.8) is 0 Å². The topological polar surface area (TPSA) is 77.6 Å². The number of aliphatic imine (C=N–C) groups is 2. The SMILES string of the molecule is C=C/C(=C\C(C)/C=C(/Cl)C=NC)CC(/C=C(\C)C(=O)NCC)=NCCC#N. The number of rotatable bonds is 11. The Morgan fingerprint density at radius 1 is 1.41 bits per heavy atom. The normalized spacial score (nSPS) is 14.8. The lowest BCUT2D eigenvalue weighted by molar-refractivity contribution is -0.117. The van der Waals surface area contributed by atoms with Crippen LogP contribution in [0.2, 0.25) is 0 Å². The number of likely N-dealkylation sites (N-methyl/N-ethyl adjacent to an activating group) is 1. The van der Waals surface area contributed by atoms with Crippen molar-refractivity contribution >= 4 is 29.4 Å². The van der Waals surface area contributed by atoms with Crippen molar-refractivity contribution in [3.05, 3.63) is 47.1 Å². The van der Waals surface area contributed by atoms with Gasteiger partial charge >= 0.3 is 0 Å². The van der Waals surface area contributed by atoms with Crippen molar-refractivity contribution < 1.29 is 4.79 Å². The second-order valence-electron chi connectivity index (χ2n) is 5.89. The molecule has 0 saturated carbocycles. The zero-order valence-corrected chi connectivity index (χ0v) is 17.4. The summed E-state index contributed by atoms with van der Waals surface area (Å²) < 4.78 is 0. The number of nitrogens with zero attached hydrogens (tertiary/aromatic N) is 3. The van der Waals surface area contributed by atoms with Gasteiger partial charge in [-0.05, 0) is 31.4 Å². The highest BCUT2D eigenvalue weighted by Gasteiger charge is 2.07. The van der Waals surface area contributed by atoms with Gasteiger partial charge in [-0.25, -0.2) is 0 Å². The van der Waals surface area contributed by atoms with E-state index < -0.39 is 0 Å². The lowest BCUT2D eigenvalue weighted by Crippen LogP contribution is -2.23. The number of carbonyl (C=O) groups excluding carboxylic acids is 1. The van der Waals surface area contributed by atoms with Gasteiger partial charge in [-0.15, -0.1) is 0 Å². The highest BCUT2D eigenvalue weighted by Crippen LogP contribution is 2.14. The number of nitrogens with one attached hydrogen (secondary N) is 1. The number of allylic oxidation sites excluding steroid dienone is 6. The Morgan fingerprint density at radius 3 is 2.67 bits per heavy atom. The molecule has 0 aromatic rings. The largest absolute Gasteiger partial charge is 0.353 e. The number of nitriles is 1. The van der Waals surface area contributed by atoms with Gasteiger partial charge < -0.3 is 5.32 Å². The molecule has 5 nitrogen and oxygen atoms in total. The minimum absolute atomic E-state index is 0.0809. The van der Waals surface area contributed by atoms with Crippen LogP contribution in [0.5, 0.6) is 0 Å². The zero-order valence-electron chi connectivity index (χ0n) is 16.6. The molecular weight excluding hydrogens is 360 g/mol. The Bertz CT molecular complexity index is 693. The summed E-state index contributed by atoms with van der Waals surface area (Å²) in [5, 5.41) is 12.1. The predicted molar refractivity (Wildman–Crippen MR) is 115 cm³/mol. The first-order chi connectivity index (χ1) is 12.9. The van der Waals surface area contributed by atoms with Gasteiger partial charge in [-0.2, -0.15) is 5.26 Å². The summed E-state index contributed by atoms with van der Waals surface area (Å²) in [6.45, 7) is 10.5. The molecule has 1 atom stereocenters. The van der Waals surface area contributed by atoms with Gasteiger partial charge in [0.05, 0.1) is 24.1 Å². The Kier molecular flexibility index (Phi) is 13.4. The Hall–Kier alpha value is -2.45. The molecule has 0 fully saturated rings. The molecular formula is C21H29ClN4O. The first-order valence-electron chi connectivity index (χ1n) is 8.87. The summed E-state index contributed by atoms with van der Waals surface area (Å²) in [5.74, 6) is -0.0473. The highest BCUT2D eigenvalue weighted by atomic mass is 35.5. The van der Waals surface area contributed by atoms with Gasteiger partial charge in [0.15, 0.2) is 0 Å². The molecule has 0 aromatic heterocycles. The number of halogens is 1. The van der Waals surface area contributed by atoms with Crippen molar-refractivity contribution in [3.8, 4) is 6.07 Å². The molecule has 0 radical (unpaired) electrons. The molecule has 0 aliphatic rings. The predicted octanol–water partition coefficient (Wildman–Crippen LogP) is 4.39. The van der Waals surface area contributed by atoms with E-state index in [0.717, 1.165) is 11.3 Å². The van der Waals surface area contributed by atoms with E-state index in [4.69, 9.17) is 16.9 Å². The number of hydrogen-bond donors (Lipinski definition) is 1. The maximum Gasteiger partial charge on any atom is 0.246 e. The van der Waals surface area contributed by atoms with Crippen LogP contribution in [0.4, 0.5) is 0 Å². The molecule has 0 rings (SSSR count). The smallest absolute Gasteiger partial charge is 0.246 e. The van der Waals surface area contributed by atoms with E-state index in [9.17, 15) is 4.79 Å². The molecule has 1 amide bonds. The third-order valence-corrected chi connectivity index (χ3v) is 3.64. The first-order valence-corrected chi connectivity index (χ1v) is 9.25. The summed E-state index contributed by atoms with van der Waals surface area (Å²) in [6.07, 6.45) is 9.89. The molecule has 27 heavy (non-hydrogen) atoms. The molecule has 146 valence electrons. The van der Waals surface area contributed by atoms with Crippen molar-refractivity contribution in [1.29, 1.82) is 5.26 Å². The molecule has 0 aliphatic carbocycles. The van der Waals surface area contributed by atoms with Crippen LogP contribution in [-0.2, 0) is 4.79 Å². The van der Waals surface area contributed by atoms with Crippen molar-refractivity contribution in [2.45, 2.75) is 33.6 Å². The molecule has 6 heteroatoms. The molecule has 0 bridgehead atoms. The summed E-state index contributed by atoms with van der Waals surface area (Å²) in [6, 6.07) is 2.08. The van der Waals surface area contributed by atoms with Crippen molar-refractivity contribution in [1.82, 2.24) is 5.32 Å². The fourth-order valence-corrected chi connectivity index (χ4v) is 2.53. The van der Waals surface area contributed by atoms with E-state index in [1.807, 2.05) is 26.0 Å². The molecule has 0 saturated heterocycles. The zero-order chi connectivity index (χ0) is 20.7. The molecule has 1 unspecified atom stereocenters. The second-order valence-corrected chi connectivity index (χ2v) is 6.32. The van der Waals surface area contributed by atoms with Crippen LogP contribution in [0.25, 0.3) is 0 Å². The van der Waals surface area contributed by atoms with Crippen LogP contribution < -0.4 is 5.32 Å². The van der Waals surface area contributed by atoms with E-state index in [-0.39, 0.29) is 11.8 Å². The van der Waals surface area contributed by atoms with Gasteiger partial charge in [-0.1, -0.05) is 43.3 Å². The fourth-order valence-electron chi connectivity index (χ4n) is 2.23. The Morgan fingerprint density at radius 2 is 2.11 bits per heavy atom. The monoisotopic (exact) mass is 388 g/mol. The minimum Gasteiger partial charge on any atom is -0.353 e. The lowest BCUT2D eigenvalue weighted by Gasteiger charge is -2.08. The van der Waals surface area contributed by atoms with Gasteiger partial charge in [0, 0.05) is 37.5 Å². The van der Waals surface area contributed by atoms with Gasteiger partial charge in [0.1, 0.15) is 0 Å². The first kappa shape index (κ1) is 24.6. The van der Waals surface area contributed by atoms with E-state index in [2.05, 4.69) is 27.9 Å². The van der Waals surface area contributed by atoms with Gasteiger partial charge in [0.2, 0.25) is 5.91 Å². The van der Waals surface area contributed by atoms with Crippen LogP contribution >= 0.6 is 11.6 Å². The highest BCUT2D eigenvalue weighted by molar-refractivity contribution is 6.39. The van der Waals surface area contributed by atoms with E-state index in [0.29, 0.717) is 36.5 Å². The third-order valence-electron chi connectivity index (χ3n) is 3.42. The van der Waals surface area contributed by atoms with Crippen LogP contribution in [0.1, 0.15) is 33.6 Å². The maximum atomic E-state index is 12.0. The maximum absolute atomic E-state index is 12.0. The number of carbonyl (C=O) groups is 1. The average Bonchev–Trinajstić information content (AvgIpc) is 2.61. The summed E-state index contributed by atoms with van der Waals surface area (Å²) in [4.78, 5) is 20.3. The molecule has 0 spiro atoms. The van der Waals surface area contributed by atoms with E-state index >= 15 is 0 Å². The number of amides is 1. The third kappa shape index (κ3) is 11.7. The standard InChI is InChI=1S/C21H29ClN4O/c1-6-18(11-16(3)12-19(22)15-24-5)14-20(26-10-8-9-23)13-17(4)21(27)25-7-2/h6,11-13,15-16H,1,7-8,10,14H2,2-5H3,(H,25,27)/b17-13+,18-11+,19-12+,24-15?,26-20?. The number of hydrogen-bond acceptors (Lipinski definition) is 4. The lowest BCUT2D eigenvalue weighted by atomic mass is 10.0. The quantitative estimate of drug-likeness (QED) is 0.246. The molecule has 1 N–H and O–H groups in total. The second kappa shape index (κ2) is 14.7. The van der Waals surface area contributed by atoms with Crippen LogP contribution in [0.15, 0.2) is 57.0 Å².